The van der Waals surface area contributed by atoms with Crippen LogP contribution in [0.4, 0.5) is 5.13 Å². The quantitative estimate of drug-likeness (QED) is 0.621. The number of aromatic nitrogens is 3. The van der Waals surface area contributed by atoms with Crippen molar-refractivity contribution < 1.29 is 4.74 Å². The first-order chi connectivity index (χ1) is 13.7. The van der Waals surface area contributed by atoms with Crippen molar-refractivity contribution in [2.45, 2.75) is 43.7 Å². The molecule has 2 aromatic heterocycles. The number of piperidine rings is 1. The molecular formula is C20H22ClN5OS. The molecule has 3 heterocycles. The Hall–Kier alpha value is -1.96. The molecule has 1 N–H and O–H groups in total. The van der Waals surface area contributed by atoms with Gasteiger partial charge >= 0.3 is 0 Å². The van der Waals surface area contributed by atoms with E-state index in [1.165, 1.54) is 4.70 Å². The molecule has 146 valence electrons. The zero-order chi connectivity index (χ0) is 18.9. The minimum Gasteiger partial charge on any atom is -0.473 e. The van der Waals surface area contributed by atoms with Crippen LogP contribution in [-0.4, -0.2) is 44.6 Å². The van der Waals surface area contributed by atoms with Gasteiger partial charge in [-0.05, 0) is 36.8 Å². The van der Waals surface area contributed by atoms with Crippen molar-refractivity contribution in [1.29, 1.82) is 0 Å². The fraction of sp³-hybridized carbons (Fsp3) is 0.450. The van der Waals surface area contributed by atoms with E-state index in [-0.39, 0.29) is 6.10 Å². The maximum atomic E-state index is 6.21. The van der Waals surface area contributed by atoms with E-state index in [4.69, 9.17) is 16.5 Å². The van der Waals surface area contributed by atoms with Crippen LogP contribution in [0, 0.1) is 0 Å². The van der Waals surface area contributed by atoms with Gasteiger partial charge in [-0.25, -0.2) is 14.4 Å². The van der Waals surface area contributed by atoms with Gasteiger partial charge < -0.3 is 10.1 Å². The van der Waals surface area contributed by atoms with Crippen molar-refractivity contribution >= 4 is 38.5 Å². The number of rotatable bonds is 5. The molecule has 5 rings (SSSR count). The zero-order valence-electron chi connectivity index (χ0n) is 15.4. The number of thiazole rings is 1. The molecular weight excluding hydrogens is 394 g/mol. The number of benzene rings is 1. The van der Waals surface area contributed by atoms with Crippen molar-refractivity contribution in [2.24, 2.45) is 0 Å². The molecule has 2 fully saturated rings. The van der Waals surface area contributed by atoms with E-state index in [1.807, 2.05) is 22.6 Å². The summed E-state index contributed by atoms with van der Waals surface area (Å²) in [6, 6.07) is 8.62. The van der Waals surface area contributed by atoms with Gasteiger partial charge in [-0.15, -0.1) is 0 Å². The maximum absolute atomic E-state index is 6.21. The lowest BCUT2D eigenvalue weighted by Gasteiger charge is -2.36. The molecule has 1 saturated carbocycles. The average molecular weight is 416 g/mol. The molecule has 28 heavy (non-hydrogen) atoms. The Morgan fingerprint density at radius 2 is 1.89 bits per heavy atom. The van der Waals surface area contributed by atoms with Crippen molar-refractivity contribution in [3.05, 3.63) is 42.4 Å². The first-order valence-corrected chi connectivity index (χ1v) is 10.9. The zero-order valence-corrected chi connectivity index (χ0v) is 17.0. The average Bonchev–Trinajstić information content (AvgIpc) is 3.10. The van der Waals surface area contributed by atoms with Crippen molar-refractivity contribution in [3.8, 4) is 5.88 Å². The van der Waals surface area contributed by atoms with E-state index in [0.29, 0.717) is 17.8 Å². The number of fused-ring (bicyclic) bond motifs is 1. The maximum Gasteiger partial charge on any atom is 0.236 e. The molecule has 3 aromatic rings. The summed E-state index contributed by atoms with van der Waals surface area (Å²) < 4.78 is 9.27. The summed E-state index contributed by atoms with van der Waals surface area (Å²) in [5.74, 6) is 1.06. The molecule has 0 radical (unpaired) electrons. The minimum absolute atomic E-state index is 0.176. The Bertz CT molecular complexity index is 919. The predicted molar refractivity (Wildman–Crippen MR) is 112 cm³/mol. The lowest BCUT2D eigenvalue weighted by Crippen LogP contribution is -2.43. The highest BCUT2D eigenvalue weighted by molar-refractivity contribution is 7.22. The monoisotopic (exact) mass is 415 g/mol. The number of ether oxygens (including phenoxy) is 1. The Morgan fingerprint density at radius 1 is 1.11 bits per heavy atom. The van der Waals surface area contributed by atoms with Crippen molar-refractivity contribution in [2.75, 3.05) is 18.4 Å². The minimum atomic E-state index is 0.176. The second-order valence-electron chi connectivity index (χ2n) is 7.47. The number of anilines is 1. The lowest BCUT2D eigenvalue weighted by atomic mass is 9.89. The summed E-state index contributed by atoms with van der Waals surface area (Å²) in [5.41, 5.74) is 2.03. The summed E-state index contributed by atoms with van der Waals surface area (Å²) in [6.45, 7) is 1.75. The van der Waals surface area contributed by atoms with Crippen molar-refractivity contribution in [3.63, 3.8) is 0 Å². The smallest absolute Gasteiger partial charge is 0.236 e. The largest absolute Gasteiger partial charge is 0.473 e. The highest BCUT2D eigenvalue weighted by Gasteiger charge is 2.33. The summed E-state index contributed by atoms with van der Waals surface area (Å²) in [5, 5.41) is 4.52. The van der Waals surface area contributed by atoms with Gasteiger partial charge in [0, 0.05) is 50.3 Å². The van der Waals surface area contributed by atoms with Gasteiger partial charge in [0.15, 0.2) is 5.13 Å². The van der Waals surface area contributed by atoms with Crippen LogP contribution in [0.3, 0.4) is 0 Å². The summed E-state index contributed by atoms with van der Waals surface area (Å²) in [4.78, 5) is 13.7. The molecule has 0 atom stereocenters. The van der Waals surface area contributed by atoms with E-state index < -0.39 is 0 Å². The van der Waals surface area contributed by atoms with E-state index >= 15 is 0 Å². The number of para-hydroxylation sites is 1. The third-order valence-electron chi connectivity index (χ3n) is 5.51. The van der Waals surface area contributed by atoms with Gasteiger partial charge in [-0.2, -0.15) is 0 Å². The van der Waals surface area contributed by atoms with Gasteiger partial charge in [0.05, 0.1) is 10.2 Å². The molecule has 0 bridgehead atoms. The predicted octanol–water partition coefficient (Wildman–Crippen LogP) is 4.44. The van der Waals surface area contributed by atoms with E-state index in [1.54, 1.807) is 23.7 Å². The Balaban J connectivity index is 1.18. The first kappa shape index (κ1) is 18.1. The van der Waals surface area contributed by atoms with Crippen LogP contribution < -0.4 is 10.1 Å². The summed E-state index contributed by atoms with van der Waals surface area (Å²) in [7, 11) is 0. The van der Waals surface area contributed by atoms with Crippen LogP contribution in [0.2, 0.25) is 0 Å². The summed E-state index contributed by atoms with van der Waals surface area (Å²) >= 11 is 7.79. The summed E-state index contributed by atoms with van der Waals surface area (Å²) in [6.07, 6.45) is 7.53. The van der Waals surface area contributed by atoms with Crippen LogP contribution in [0.5, 0.6) is 5.88 Å². The Morgan fingerprint density at radius 3 is 2.71 bits per heavy atom. The number of halogens is 1. The van der Waals surface area contributed by atoms with Gasteiger partial charge in [-0.1, -0.05) is 23.5 Å². The molecule has 0 amide bonds. The van der Waals surface area contributed by atoms with Gasteiger partial charge in [0.25, 0.3) is 0 Å². The van der Waals surface area contributed by atoms with Crippen LogP contribution >= 0.6 is 23.1 Å². The molecule has 1 aliphatic heterocycles. The second-order valence-corrected chi connectivity index (χ2v) is 8.98. The highest BCUT2D eigenvalue weighted by atomic mass is 35.5. The first-order valence-electron chi connectivity index (χ1n) is 9.75. The van der Waals surface area contributed by atoms with E-state index in [2.05, 4.69) is 26.3 Å². The van der Waals surface area contributed by atoms with Gasteiger partial charge in [0.1, 0.15) is 11.8 Å². The topological polar surface area (TPSA) is 63.2 Å². The standard InChI is InChI=1S/C20H22ClN5OS/c21-26-9-5-13(6-10-26)18-19(23-8-7-22-18)27-15-11-14(12-15)24-20-25-16-3-1-2-4-17(16)28-20/h1-4,7-8,13-15H,5-6,9-12H2,(H,24,25). The Kier molecular flexibility index (Phi) is 5.05. The fourth-order valence-corrected chi connectivity index (χ4v) is 5.01. The molecule has 0 spiro atoms. The van der Waals surface area contributed by atoms with Crippen LogP contribution in [-0.2, 0) is 0 Å². The molecule has 6 nitrogen and oxygen atoms in total. The third kappa shape index (κ3) is 3.79. The molecule has 1 aliphatic carbocycles. The van der Waals surface area contributed by atoms with Crippen molar-refractivity contribution in [1.82, 2.24) is 19.4 Å². The van der Waals surface area contributed by atoms with E-state index in [0.717, 1.165) is 55.1 Å². The fourth-order valence-electron chi connectivity index (χ4n) is 3.87. The second kappa shape index (κ2) is 7.81. The SMILES string of the molecule is ClN1CCC(c2nccnc2OC2CC(Nc3nc4ccccc4s3)C2)CC1. The molecule has 8 heteroatoms. The Labute approximate surface area is 173 Å². The molecule has 1 aromatic carbocycles. The number of nitrogens with zero attached hydrogens (tertiary/aromatic N) is 4. The number of hydrogen-bond acceptors (Lipinski definition) is 7. The van der Waals surface area contributed by atoms with Gasteiger partial charge in [-0.3, -0.25) is 4.98 Å². The van der Waals surface area contributed by atoms with Gasteiger partial charge in [0.2, 0.25) is 5.88 Å². The molecule has 0 unspecified atom stereocenters. The van der Waals surface area contributed by atoms with Crippen LogP contribution in [0.15, 0.2) is 36.7 Å². The number of hydrogen-bond donors (Lipinski definition) is 1. The molecule has 2 aliphatic rings. The number of nitrogens with one attached hydrogen (secondary N) is 1. The van der Waals surface area contributed by atoms with E-state index in [9.17, 15) is 0 Å². The molecule has 1 saturated heterocycles. The van der Waals surface area contributed by atoms with Crippen LogP contribution in [0.25, 0.3) is 10.2 Å². The normalized spacial score (nSPS) is 23.5. The highest BCUT2D eigenvalue weighted by Crippen LogP contribution is 2.35. The third-order valence-corrected chi connectivity index (χ3v) is 6.82. The van der Waals surface area contributed by atoms with Crippen LogP contribution in [0.1, 0.15) is 37.3 Å². The lowest BCUT2D eigenvalue weighted by molar-refractivity contribution is 0.0995.